The lowest BCUT2D eigenvalue weighted by atomic mass is 10.1. The van der Waals surface area contributed by atoms with Crippen molar-refractivity contribution in [2.45, 2.75) is 13.0 Å². The molecule has 1 unspecified atom stereocenters. The summed E-state index contributed by atoms with van der Waals surface area (Å²) in [5.74, 6) is 0.155. The van der Waals surface area contributed by atoms with Gasteiger partial charge in [0.15, 0.2) is 5.78 Å². The summed E-state index contributed by atoms with van der Waals surface area (Å²) in [5.41, 5.74) is 1.20. The Kier molecular flexibility index (Phi) is 4.07. The monoisotopic (exact) mass is 245 g/mol. The Morgan fingerprint density at radius 3 is 2.65 bits per heavy atom. The number of rotatable bonds is 5. The molecule has 3 heteroatoms. The molecule has 88 valence electrons. The summed E-state index contributed by atoms with van der Waals surface area (Å²) >= 11 is 1.49. The molecule has 2 rings (SSSR count). The third-order valence-corrected chi connectivity index (χ3v) is 3.58. The van der Waals surface area contributed by atoms with Crippen LogP contribution in [0.3, 0.4) is 0 Å². The first kappa shape index (κ1) is 12.0. The molecule has 0 saturated carbocycles. The average Bonchev–Trinajstić information content (AvgIpc) is 2.90. The fourth-order valence-corrected chi connectivity index (χ4v) is 2.29. The molecule has 0 aliphatic heterocycles. The van der Waals surface area contributed by atoms with E-state index in [2.05, 4.69) is 24.4 Å². The number of hydrogen-bond donors (Lipinski definition) is 1. The van der Waals surface area contributed by atoms with E-state index >= 15 is 0 Å². The van der Waals surface area contributed by atoms with Gasteiger partial charge < -0.3 is 5.32 Å². The summed E-state index contributed by atoms with van der Waals surface area (Å²) in [7, 11) is 0. The van der Waals surface area contributed by atoms with Gasteiger partial charge in [0.2, 0.25) is 0 Å². The number of carbonyl (C=O) groups excluding carboxylic acids is 1. The summed E-state index contributed by atoms with van der Waals surface area (Å²) in [5, 5.41) is 5.17. The smallest absolute Gasteiger partial charge is 0.186 e. The van der Waals surface area contributed by atoms with Crippen molar-refractivity contribution in [1.82, 2.24) is 5.32 Å². The van der Waals surface area contributed by atoms with Crippen LogP contribution in [0.5, 0.6) is 0 Å². The van der Waals surface area contributed by atoms with E-state index in [1.807, 2.05) is 35.7 Å². The van der Waals surface area contributed by atoms with Crippen LogP contribution >= 0.6 is 11.3 Å². The number of hydrogen-bond acceptors (Lipinski definition) is 3. The minimum atomic E-state index is 0.155. The second-order valence-corrected chi connectivity index (χ2v) is 4.86. The van der Waals surface area contributed by atoms with Gasteiger partial charge in [-0.25, -0.2) is 0 Å². The van der Waals surface area contributed by atoms with Crippen molar-refractivity contribution in [3.63, 3.8) is 0 Å². The Hall–Kier alpha value is -1.45. The van der Waals surface area contributed by atoms with Crippen LogP contribution < -0.4 is 5.32 Å². The molecule has 1 aromatic heterocycles. The SMILES string of the molecule is CC(NCC(=O)c1cccs1)c1ccccc1. The number of carbonyl (C=O) groups is 1. The van der Waals surface area contributed by atoms with Crippen molar-refractivity contribution < 1.29 is 4.79 Å². The molecule has 17 heavy (non-hydrogen) atoms. The predicted molar refractivity (Wildman–Crippen MR) is 71.5 cm³/mol. The van der Waals surface area contributed by atoms with Crippen LogP contribution in [0.4, 0.5) is 0 Å². The molecule has 1 N–H and O–H groups in total. The quantitative estimate of drug-likeness (QED) is 0.819. The fourth-order valence-electron chi connectivity index (χ4n) is 1.63. The third-order valence-electron chi connectivity index (χ3n) is 2.66. The second-order valence-electron chi connectivity index (χ2n) is 3.91. The lowest BCUT2D eigenvalue weighted by Gasteiger charge is -2.13. The van der Waals surface area contributed by atoms with Gasteiger partial charge in [-0.15, -0.1) is 11.3 Å². The summed E-state index contributed by atoms with van der Waals surface area (Å²) < 4.78 is 0. The number of Topliss-reactive ketones (excluding diaryl/α,β-unsaturated/α-hetero) is 1. The fraction of sp³-hybridized carbons (Fsp3) is 0.214. The van der Waals surface area contributed by atoms with Crippen LogP contribution in [0.2, 0.25) is 0 Å². The van der Waals surface area contributed by atoms with E-state index in [0.29, 0.717) is 6.54 Å². The van der Waals surface area contributed by atoms with Gasteiger partial charge in [-0.05, 0) is 23.9 Å². The highest BCUT2D eigenvalue weighted by molar-refractivity contribution is 7.12. The minimum Gasteiger partial charge on any atom is -0.303 e. The maximum atomic E-state index is 11.8. The third kappa shape index (κ3) is 3.25. The summed E-state index contributed by atoms with van der Waals surface area (Å²) in [6.07, 6.45) is 0. The van der Waals surface area contributed by atoms with Crippen LogP contribution in [0.15, 0.2) is 47.8 Å². The molecule has 0 spiro atoms. The molecule has 2 aromatic rings. The molecule has 1 heterocycles. The molecule has 1 aromatic carbocycles. The first-order valence-corrected chi connectivity index (χ1v) is 6.50. The zero-order valence-corrected chi connectivity index (χ0v) is 10.5. The highest BCUT2D eigenvalue weighted by Gasteiger charge is 2.09. The van der Waals surface area contributed by atoms with Gasteiger partial charge in [-0.3, -0.25) is 4.79 Å². The normalized spacial score (nSPS) is 12.3. The van der Waals surface area contributed by atoms with Crippen LogP contribution in [-0.2, 0) is 0 Å². The molecular weight excluding hydrogens is 230 g/mol. The van der Waals surface area contributed by atoms with E-state index in [1.54, 1.807) is 0 Å². The second kappa shape index (κ2) is 5.75. The van der Waals surface area contributed by atoms with Crippen LogP contribution in [0.25, 0.3) is 0 Å². The highest BCUT2D eigenvalue weighted by Crippen LogP contribution is 2.12. The Bertz CT molecular complexity index is 464. The molecule has 0 bridgehead atoms. The summed E-state index contributed by atoms with van der Waals surface area (Å²) in [4.78, 5) is 12.6. The van der Waals surface area contributed by atoms with E-state index < -0.39 is 0 Å². The number of ketones is 1. The van der Waals surface area contributed by atoms with Crippen molar-refractivity contribution in [3.8, 4) is 0 Å². The van der Waals surface area contributed by atoms with Crippen molar-refractivity contribution in [1.29, 1.82) is 0 Å². The minimum absolute atomic E-state index is 0.155. The summed E-state index contributed by atoms with van der Waals surface area (Å²) in [6.45, 7) is 2.45. The van der Waals surface area contributed by atoms with Crippen molar-refractivity contribution in [3.05, 3.63) is 58.3 Å². The van der Waals surface area contributed by atoms with Crippen molar-refractivity contribution in [2.24, 2.45) is 0 Å². The molecule has 0 radical (unpaired) electrons. The van der Waals surface area contributed by atoms with Gasteiger partial charge in [-0.2, -0.15) is 0 Å². The average molecular weight is 245 g/mol. The Labute approximate surface area is 105 Å². The first-order valence-electron chi connectivity index (χ1n) is 5.62. The van der Waals surface area contributed by atoms with Crippen LogP contribution in [0, 0.1) is 0 Å². The van der Waals surface area contributed by atoms with E-state index in [4.69, 9.17) is 0 Å². The van der Waals surface area contributed by atoms with E-state index in [0.717, 1.165) is 4.88 Å². The molecule has 0 aliphatic carbocycles. The topological polar surface area (TPSA) is 29.1 Å². The van der Waals surface area contributed by atoms with Crippen LogP contribution in [-0.4, -0.2) is 12.3 Å². The molecule has 0 aliphatic rings. The molecule has 2 nitrogen and oxygen atoms in total. The number of benzene rings is 1. The van der Waals surface area contributed by atoms with Gasteiger partial charge >= 0.3 is 0 Å². The maximum Gasteiger partial charge on any atom is 0.186 e. The zero-order chi connectivity index (χ0) is 12.1. The van der Waals surface area contributed by atoms with Gasteiger partial charge in [0.25, 0.3) is 0 Å². The largest absolute Gasteiger partial charge is 0.303 e. The predicted octanol–water partition coefficient (Wildman–Crippen LogP) is 3.28. The molecule has 0 amide bonds. The van der Waals surface area contributed by atoms with Crippen molar-refractivity contribution in [2.75, 3.05) is 6.54 Å². The van der Waals surface area contributed by atoms with Gasteiger partial charge in [-0.1, -0.05) is 36.4 Å². The number of nitrogens with one attached hydrogen (secondary N) is 1. The summed E-state index contributed by atoms with van der Waals surface area (Å²) in [6, 6.07) is 14.1. The van der Waals surface area contributed by atoms with Crippen molar-refractivity contribution >= 4 is 17.1 Å². The first-order chi connectivity index (χ1) is 8.27. The van der Waals surface area contributed by atoms with E-state index in [-0.39, 0.29) is 11.8 Å². The molecule has 0 fully saturated rings. The lowest BCUT2D eigenvalue weighted by molar-refractivity contribution is 0.0992. The van der Waals surface area contributed by atoms with E-state index in [1.165, 1.54) is 16.9 Å². The Morgan fingerprint density at radius 2 is 2.00 bits per heavy atom. The lowest BCUT2D eigenvalue weighted by Crippen LogP contribution is -2.25. The molecular formula is C14H15NOS. The Balaban J connectivity index is 1.89. The van der Waals surface area contributed by atoms with Gasteiger partial charge in [0.05, 0.1) is 11.4 Å². The van der Waals surface area contributed by atoms with E-state index in [9.17, 15) is 4.79 Å². The zero-order valence-electron chi connectivity index (χ0n) is 9.72. The number of thiophene rings is 1. The highest BCUT2D eigenvalue weighted by atomic mass is 32.1. The molecule has 1 atom stereocenters. The molecule has 0 saturated heterocycles. The van der Waals surface area contributed by atoms with Gasteiger partial charge in [0, 0.05) is 6.04 Å². The maximum absolute atomic E-state index is 11.8. The Morgan fingerprint density at radius 1 is 1.24 bits per heavy atom. The standard InChI is InChI=1S/C14H15NOS/c1-11(12-6-3-2-4-7-12)15-10-13(16)14-8-5-9-17-14/h2-9,11,15H,10H2,1H3. The van der Waals surface area contributed by atoms with Crippen LogP contribution in [0.1, 0.15) is 28.2 Å². The van der Waals surface area contributed by atoms with Gasteiger partial charge in [0.1, 0.15) is 0 Å².